The van der Waals surface area contributed by atoms with Crippen molar-refractivity contribution in [3.63, 3.8) is 0 Å². The predicted octanol–water partition coefficient (Wildman–Crippen LogP) is 7.03. The Labute approximate surface area is 247 Å². The molecule has 2 aromatic carbocycles. The number of carbonyl (C=O) groups excluding carboxylic acids is 1. The summed E-state index contributed by atoms with van der Waals surface area (Å²) in [5.74, 6) is -2.07. The van der Waals surface area contributed by atoms with Crippen LogP contribution in [0.2, 0.25) is 0 Å². The van der Waals surface area contributed by atoms with Crippen LogP contribution in [0.25, 0.3) is 22.1 Å². The van der Waals surface area contributed by atoms with Crippen LogP contribution in [-0.2, 0) is 46.6 Å². The highest BCUT2D eigenvalue weighted by Crippen LogP contribution is 2.41. The van der Waals surface area contributed by atoms with Crippen LogP contribution in [0.15, 0.2) is 53.3 Å². The molecule has 0 aliphatic rings. The number of halogens is 5. The van der Waals surface area contributed by atoms with E-state index in [0.29, 0.717) is 11.8 Å². The summed E-state index contributed by atoms with van der Waals surface area (Å²) in [6.07, 6.45) is -3.16. The molecule has 43 heavy (non-hydrogen) atoms. The number of pyridine rings is 1. The van der Waals surface area contributed by atoms with Crippen LogP contribution in [-0.4, -0.2) is 26.9 Å². The van der Waals surface area contributed by atoms with E-state index in [4.69, 9.17) is 13.9 Å². The van der Waals surface area contributed by atoms with Gasteiger partial charge in [0.2, 0.25) is 0 Å². The third-order valence-electron chi connectivity index (χ3n) is 6.28. The van der Waals surface area contributed by atoms with E-state index in [1.54, 1.807) is 27.7 Å². The first-order valence-electron chi connectivity index (χ1n) is 13.2. The normalized spacial score (nSPS) is 12.9. The van der Waals surface area contributed by atoms with Crippen molar-refractivity contribution in [1.29, 1.82) is 0 Å². The Bertz CT molecular complexity index is 1620. The SMILES string of the molecule is CCOC(=O)Cc1ccc(F)cc1OCc1cc(-c2ccnc(CN[S@+]([O-])C(C)(C)C)c2F)c2occ(C(F)(F)F)c2c1. The number of nitrogens with zero attached hydrogens (tertiary/aromatic N) is 1. The van der Waals surface area contributed by atoms with E-state index in [1.165, 1.54) is 30.5 Å². The molecular weight excluding hydrogens is 595 g/mol. The van der Waals surface area contributed by atoms with E-state index in [0.717, 1.165) is 12.1 Å². The molecule has 0 aliphatic carbocycles. The van der Waals surface area contributed by atoms with Gasteiger partial charge >= 0.3 is 12.1 Å². The lowest BCUT2D eigenvalue weighted by Crippen LogP contribution is -2.39. The Balaban J connectivity index is 1.74. The molecule has 13 heteroatoms. The van der Waals surface area contributed by atoms with Crippen LogP contribution in [0.4, 0.5) is 22.0 Å². The minimum Gasteiger partial charge on any atom is -0.598 e. The van der Waals surface area contributed by atoms with Crippen LogP contribution < -0.4 is 9.46 Å². The van der Waals surface area contributed by atoms with Gasteiger partial charge < -0.3 is 18.4 Å². The third kappa shape index (κ3) is 7.64. The molecule has 0 fully saturated rings. The zero-order valence-corrected chi connectivity index (χ0v) is 24.6. The van der Waals surface area contributed by atoms with E-state index in [2.05, 4.69) is 9.71 Å². The number of fused-ring (bicyclic) bond motifs is 1. The highest BCUT2D eigenvalue weighted by Gasteiger charge is 2.36. The number of benzene rings is 2. The minimum absolute atomic E-state index is 0.00400. The van der Waals surface area contributed by atoms with Gasteiger partial charge in [0.1, 0.15) is 40.3 Å². The van der Waals surface area contributed by atoms with Gasteiger partial charge in [-0.05, 0) is 57.5 Å². The zero-order chi connectivity index (χ0) is 31.5. The largest absolute Gasteiger partial charge is 0.598 e. The zero-order valence-electron chi connectivity index (χ0n) is 23.7. The fourth-order valence-electron chi connectivity index (χ4n) is 4.21. The fraction of sp³-hybridized carbons (Fsp3) is 0.333. The number of alkyl halides is 3. The van der Waals surface area contributed by atoms with Crippen LogP contribution >= 0.6 is 0 Å². The first-order valence-corrected chi connectivity index (χ1v) is 14.3. The molecule has 4 rings (SSSR count). The summed E-state index contributed by atoms with van der Waals surface area (Å²) in [5.41, 5.74) is -0.997. The summed E-state index contributed by atoms with van der Waals surface area (Å²) in [6.45, 7) is 6.43. The molecule has 230 valence electrons. The third-order valence-corrected chi connectivity index (χ3v) is 7.80. The monoisotopic (exact) mass is 624 g/mol. The van der Waals surface area contributed by atoms with E-state index in [-0.39, 0.29) is 65.3 Å². The Morgan fingerprint density at radius 1 is 1.09 bits per heavy atom. The molecule has 2 heterocycles. The number of furan rings is 1. The second-order valence-corrected chi connectivity index (χ2v) is 12.6. The summed E-state index contributed by atoms with van der Waals surface area (Å²) in [7, 11) is 0. The van der Waals surface area contributed by atoms with Gasteiger partial charge in [-0.25, -0.2) is 8.78 Å². The van der Waals surface area contributed by atoms with Crippen molar-refractivity contribution in [1.82, 2.24) is 9.71 Å². The maximum absolute atomic E-state index is 15.8. The van der Waals surface area contributed by atoms with Gasteiger partial charge in [-0.1, -0.05) is 6.07 Å². The Morgan fingerprint density at radius 3 is 2.51 bits per heavy atom. The molecule has 0 radical (unpaired) electrons. The number of rotatable bonds is 10. The number of hydrogen-bond acceptors (Lipinski definition) is 7. The summed E-state index contributed by atoms with van der Waals surface area (Å²) in [5, 5.41) is -0.334. The summed E-state index contributed by atoms with van der Waals surface area (Å²) in [4.78, 5) is 16.0. The molecule has 4 aromatic rings. The maximum Gasteiger partial charge on any atom is 0.420 e. The number of nitrogens with one attached hydrogen (secondary N) is 1. The first kappa shape index (κ1) is 32.2. The molecule has 0 amide bonds. The van der Waals surface area contributed by atoms with Crippen molar-refractivity contribution in [2.45, 2.75) is 58.2 Å². The smallest absolute Gasteiger partial charge is 0.420 e. The highest BCUT2D eigenvalue weighted by molar-refractivity contribution is 7.90. The quantitative estimate of drug-likeness (QED) is 0.115. The lowest BCUT2D eigenvalue weighted by atomic mass is 9.98. The van der Waals surface area contributed by atoms with Crippen LogP contribution in [0, 0.1) is 11.6 Å². The van der Waals surface area contributed by atoms with E-state index >= 15 is 4.39 Å². The Morgan fingerprint density at radius 2 is 1.84 bits per heavy atom. The van der Waals surface area contributed by atoms with E-state index in [1.807, 2.05) is 0 Å². The maximum atomic E-state index is 15.8. The van der Waals surface area contributed by atoms with E-state index in [9.17, 15) is 26.9 Å². The van der Waals surface area contributed by atoms with Crippen LogP contribution in [0.3, 0.4) is 0 Å². The standard InChI is InChI=1S/C30H29F5N2O5S/c1-5-40-26(38)12-18-6-7-19(31)13-25(18)41-15-17-10-21(28-22(11-17)23(16-42-28)30(33,34)35)20-8-9-36-24(27(20)32)14-37-43(39)29(2,3)4/h6-11,13,16,37H,5,12,14-15H2,1-4H3/t43-/m1/s1. The van der Waals surface area contributed by atoms with Crippen molar-refractivity contribution in [3.8, 4) is 16.9 Å². The van der Waals surface area contributed by atoms with Gasteiger partial charge in [0.05, 0.1) is 25.3 Å². The topological polar surface area (TPSA) is 96.7 Å². The highest BCUT2D eigenvalue weighted by atomic mass is 32.2. The molecule has 1 atom stereocenters. The predicted molar refractivity (Wildman–Crippen MR) is 150 cm³/mol. The van der Waals surface area contributed by atoms with Gasteiger partial charge in [-0.3, -0.25) is 9.78 Å². The van der Waals surface area contributed by atoms with Crippen molar-refractivity contribution in [3.05, 3.63) is 82.9 Å². The molecule has 0 unspecified atom stereocenters. The van der Waals surface area contributed by atoms with Crippen molar-refractivity contribution in [2.24, 2.45) is 0 Å². The summed E-state index contributed by atoms with van der Waals surface area (Å²) >= 11 is -1.53. The van der Waals surface area contributed by atoms with Gasteiger partial charge in [-0.15, -0.1) is 4.72 Å². The fourth-order valence-corrected chi connectivity index (χ4v) is 4.91. The molecule has 0 saturated heterocycles. The average Bonchev–Trinajstić information content (AvgIpc) is 3.36. The van der Waals surface area contributed by atoms with Crippen LogP contribution in [0.5, 0.6) is 5.75 Å². The number of aromatic nitrogens is 1. The van der Waals surface area contributed by atoms with E-state index < -0.39 is 45.5 Å². The summed E-state index contributed by atoms with van der Waals surface area (Å²) < 4.78 is 102. The molecule has 7 nitrogen and oxygen atoms in total. The van der Waals surface area contributed by atoms with Crippen molar-refractivity contribution in [2.75, 3.05) is 6.61 Å². The number of carbonyl (C=O) groups is 1. The molecule has 0 bridgehead atoms. The van der Waals surface area contributed by atoms with Crippen molar-refractivity contribution >= 4 is 28.3 Å². The lowest BCUT2D eigenvalue weighted by Gasteiger charge is -2.23. The Hall–Kier alpha value is -3.68. The van der Waals surface area contributed by atoms with Gasteiger partial charge in [0.25, 0.3) is 0 Å². The van der Waals surface area contributed by atoms with Gasteiger partial charge in [0.15, 0.2) is 5.82 Å². The average molecular weight is 625 g/mol. The molecule has 0 aliphatic heterocycles. The minimum atomic E-state index is -4.78. The molecule has 2 aromatic heterocycles. The van der Waals surface area contributed by atoms with Crippen molar-refractivity contribution < 1.29 is 45.2 Å². The Kier molecular flexibility index (Phi) is 9.67. The number of esters is 1. The molecule has 1 N–H and O–H groups in total. The second-order valence-electron chi connectivity index (χ2n) is 10.5. The number of hydrogen-bond donors (Lipinski definition) is 1. The molecular formula is C30H29F5N2O5S. The molecule has 0 saturated carbocycles. The summed E-state index contributed by atoms with van der Waals surface area (Å²) in [6, 6.07) is 7.43. The van der Waals surface area contributed by atoms with Crippen LogP contribution in [0.1, 0.15) is 50.1 Å². The number of ether oxygens (including phenoxy) is 2. The molecule has 0 spiro atoms. The van der Waals surface area contributed by atoms with Gasteiger partial charge in [-0.2, -0.15) is 13.2 Å². The first-order chi connectivity index (χ1) is 20.2. The van der Waals surface area contributed by atoms with Gasteiger partial charge in [0, 0.05) is 45.7 Å². The second kappa shape index (κ2) is 12.9. The lowest BCUT2D eigenvalue weighted by molar-refractivity contribution is -0.142.